The molecule has 1 aromatic heterocycles. The van der Waals surface area contributed by atoms with E-state index in [2.05, 4.69) is 22.1 Å². The maximum atomic E-state index is 11.6. The Morgan fingerprint density at radius 1 is 1.50 bits per heavy atom. The van der Waals surface area contributed by atoms with Crippen LogP contribution >= 0.6 is 0 Å². The van der Waals surface area contributed by atoms with Gasteiger partial charge in [0.25, 0.3) is 5.56 Å². The van der Waals surface area contributed by atoms with Crippen molar-refractivity contribution in [1.82, 2.24) is 14.7 Å². The average Bonchev–Trinajstić information content (AvgIpc) is 2.45. The van der Waals surface area contributed by atoms with Gasteiger partial charge >= 0.3 is 0 Å². The lowest BCUT2D eigenvalue weighted by atomic mass is 10.0. The minimum atomic E-state index is -0.129. The Labute approximate surface area is 117 Å². The Kier molecular flexibility index (Phi) is 4.49. The summed E-state index contributed by atoms with van der Waals surface area (Å²) in [5, 5.41) is 22.0. The van der Waals surface area contributed by atoms with Crippen molar-refractivity contribution < 1.29 is 0 Å². The lowest BCUT2D eigenvalue weighted by Gasteiger charge is -2.29. The lowest BCUT2D eigenvalue weighted by molar-refractivity contribution is 0.225. The van der Waals surface area contributed by atoms with Crippen LogP contribution in [0.4, 0.5) is 0 Å². The van der Waals surface area contributed by atoms with Gasteiger partial charge in [0.2, 0.25) is 0 Å². The summed E-state index contributed by atoms with van der Waals surface area (Å²) in [4.78, 5) is 13.8. The van der Waals surface area contributed by atoms with E-state index in [1.807, 2.05) is 0 Å². The summed E-state index contributed by atoms with van der Waals surface area (Å²) in [5.74, 6) is -0.129. The van der Waals surface area contributed by atoms with Gasteiger partial charge in [-0.05, 0) is 12.0 Å². The highest BCUT2D eigenvalue weighted by molar-refractivity contribution is 5.20. The van der Waals surface area contributed by atoms with E-state index in [0.717, 1.165) is 24.2 Å². The highest BCUT2D eigenvalue weighted by atomic mass is 16.1. The van der Waals surface area contributed by atoms with Crippen LogP contribution in [0, 0.1) is 28.6 Å². The molecular formula is C14H17N5O. The standard InChI is InChI=1S/C14H17N5O/c1-18-14(20)7-12-10-19(6-4-13(12)17-18)9-11(8-16)3-2-5-15/h7,11H,2-4,6,9-10H2,1H3. The number of hydrogen-bond donors (Lipinski definition) is 0. The van der Waals surface area contributed by atoms with E-state index < -0.39 is 0 Å². The van der Waals surface area contributed by atoms with Crippen LogP contribution in [0.15, 0.2) is 10.9 Å². The molecule has 0 aliphatic carbocycles. The minimum Gasteiger partial charge on any atom is -0.297 e. The summed E-state index contributed by atoms with van der Waals surface area (Å²) in [6, 6.07) is 5.96. The number of rotatable bonds is 4. The largest absolute Gasteiger partial charge is 0.297 e. The van der Waals surface area contributed by atoms with Crippen molar-refractivity contribution in [1.29, 1.82) is 10.5 Å². The van der Waals surface area contributed by atoms with E-state index in [4.69, 9.17) is 10.5 Å². The molecule has 1 aliphatic rings. The first-order chi connectivity index (χ1) is 9.63. The summed E-state index contributed by atoms with van der Waals surface area (Å²) >= 11 is 0. The van der Waals surface area contributed by atoms with Crippen LogP contribution in [0.2, 0.25) is 0 Å². The van der Waals surface area contributed by atoms with E-state index in [-0.39, 0.29) is 11.5 Å². The van der Waals surface area contributed by atoms with Crippen molar-refractivity contribution in [2.45, 2.75) is 25.8 Å². The molecule has 6 nitrogen and oxygen atoms in total. The van der Waals surface area contributed by atoms with Gasteiger partial charge in [-0.2, -0.15) is 15.6 Å². The quantitative estimate of drug-likeness (QED) is 0.799. The van der Waals surface area contributed by atoms with Crippen LogP contribution in [-0.4, -0.2) is 27.8 Å². The van der Waals surface area contributed by atoms with Crippen molar-refractivity contribution >= 4 is 0 Å². The molecule has 0 aromatic carbocycles. The van der Waals surface area contributed by atoms with Crippen LogP contribution in [0.25, 0.3) is 0 Å². The lowest BCUT2D eigenvalue weighted by Crippen LogP contribution is -2.36. The van der Waals surface area contributed by atoms with Gasteiger partial charge in [0.05, 0.1) is 23.8 Å². The van der Waals surface area contributed by atoms with E-state index >= 15 is 0 Å². The minimum absolute atomic E-state index is 0.105. The van der Waals surface area contributed by atoms with E-state index in [0.29, 0.717) is 25.9 Å². The molecule has 1 aromatic rings. The Balaban J connectivity index is 2.04. The maximum Gasteiger partial charge on any atom is 0.266 e. The van der Waals surface area contributed by atoms with Crippen LogP contribution in [0.5, 0.6) is 0 Å². The number of aryl methyl sites for hydroxylation is 1. The topological polar surface area (TPSA) is 85.7 Å². The van der Waals surface area contributed by atoms with Crippen LogP contribution < -0.4 is 5.56 Å². The molecule has 20 heavy (non-hydrogen) atoms. The second kappa shape index (κ2) is 6.31. The fraction of sp³-hybridized carbons (Fsp3) is 0.571. The SMILES string of the molecule is Cn1nc2c(cc1=O)CN(CC(C#N)CCC#N)CC2. The maximum absolute atomic E-state index is 11.6. The second-order valence-electron chi connectivity index (χ2n) is 5.09. The van der Waals surface area contributed by atoms with Gasteiger partial charge in [-0.3, -0.25) is 9.69 Å². The van der Waals surface area contributed by atoms with Gasteiger partial charge in [-0.25, -0.2) is 4.68 Å². The van der Waals surface area contributed by atoms with Gasteiger partial charge in [0.15, 0.2) is 0 Å². The summed E-state index contributed by atoms with van der Waals surface area (Å²) in [6.45, 7) is 2.14. The van der Waals surface area contributed by atoms with E-state index in [1.54, 1.807) is 13.1 Å². The molecule has 1 unspecified atom stereocenters. The number of aromatic nitrogens is 2. The van der Waals surface area contributed by atoms with Gasteiger partial charge in [0.1, 0.15) is 0 Å². The van der Waals surface area contributed by atoms with Crippen molar-refractivity contribution in [3.8, 4) is 12.1 Å². The molecule has 0 saturated carbocycles. The summed E-state index contributed by atoms with van der Waals surface area (Å²) < 4.78 is 1.36. The number of hydrogen-bond acceptors (Lipinski definition) is 5. The molecule has 2 rings (SSSR count). The molecule has 0 saturated heterocycles. The molecule has 0 radical (unpaired) electrons. The first kappa shape index (κ1) is 14.2. The van der Waals surface area contributed by atoms with E-state index in [1.165, 1.54) is 4.68 Å². The zero-order valence-electron chi connectivity index (χ0n) is 11.5. The molecule has 0 bridgehead atoms. The predicted molar refractivity (Wildman–Crippen MR) is 72.4 cm³/mol. The molecule has 1 atom stereocenters. The number of nitriles is 2. The predicted octanol–water partition coefficient (Wildman–Crippen LogP) is 0.582. The summed E-state index contributed by atoms with van der Waals surface area (Å²) in [5.41, 5.74) is 1.82. The Morgan fingerprint density at radius 3 is 3.00 bits per heavy atom. The van der Waals surface area contributed by atoms with Gasteiger partial charge in [-0.1, -0.05) is 0 Å². The summed E-state index contributed by atoms with van der Waals surface area (Å²) in [7, 11) is 1.66. The van der Waals surface area contributed by atoms with Crippen molar-refractivity contribution in [3.63, 3.8) is 0 Å². The molecule has 6 heteroatoms. The molecule has 1 aliphatic heterocycles. The number of nitrogens with zero attached hydrogens (tertiary/aromatic N) is 5. The summed E-state index contributed by atoms with van der Waals surface area (Å²) in [6.07, 6.45) is 1.80. The van der Waals surface area contributed by atoms with Gasteiger partial charge < -0.3 is 0 Å². The first-order valence-electron chi connectivity index (χ1n) is 6.69. The first-order valence-corrected chi connectivity index (χ1v) is 6.69. The smallest absolute Gasteiger partial charge is 0.266 e. The molecule has 104 valence electrons. The second-order valence-corrected chi connectivity index (χ2v) is 5.09. The fourth-order valence-electron chi connectivity index (χ4n) is 2.45. The van der Waals surface area contributed by atoms with Crippen LogP contribution in [0.1, 0.15) is 24.1 Å². The van der Waals surface area contributed by atoms with Gasteiger partial charge in [0, 0.05) is 45.6 Å². The Morgan fingerprint density at radius 2 is 2.30 bits per heavy atom. The third-order valence-electron chi connectivity index (χ3n) is 3.58. The molecule has 0 spiro atoms. The van der Waals surface area contributed by atoms with E-state index in [9.17, 15) is 4.79 Å². The monoisotopic (exact) mass is 271 g/mol. The normalized spacial score (nSPS) is 15.9. The fourth-order valence-corrected chi connectivity index (χ4v) is 2.45. The Bertz CT molecular complexity index is 622. The van der Waals surface area contributed by atoms with Crippen molar-refractivity contribution in [2.75, 3.05) is 13.1 Å². The highest BCUT2D eigenvalue weighted by Crippen LogP contribution is 2.17. The van der Waals surface area contributed by atoms with Crippen LogP contribution in [-0.2, 0) is 20.0 Å². The molecule has 2 heterocycles. The highest BCUT2D eigenvalue weighted by Gasteiger charge is 2.21. The average molecular weight is 271 g/mol. The third-order valence-corrected chi connectivity index (χ3v) is 3.58. The van der Waals surface area contributed by atoms with Crippen molar-refractivity contribution in [2.24, 2.45) is 13.0 Å². The van der Waals surface area contributed by atoms with Crippen molar-refractivity contribution in [3.05, 3.63) is 27.7 Å². The van der Waals surface area contributed by atoms with Gasteiger partial charge in [-0.15, -0.1) is 0 Å². The zero-order valence-corrected chi connectivity index (χ0v) is 11.5. The Hall–Kier alpha value is -2.18. The molecule has 0 amide bonds. The third kappa shape index (κ3) is 3.23. The molecule has 0 fully saturated rings. The zero-order chi connectivity index (χ0) is 14.5. The molecular weight excluding hydrogens is 254 g/mol. The molecule has 0 N–H and O–H groups in total. The van der Waals surface area contributed by atoms with Crippen LogP contribution in [0.3, 0.4) is 0 Å². The number of fused-ring (bicyclic) bond motifs is 1.